The maximum atomic E-state index is 13.5. The quantitative estimate of drug-likeness (QED) is 0.466. The maximum absolute atomic E-state index is 13.5. The van der Waals surface area contributed by atoms with Crippen molar-refractivity contribution >= 4 is 5.97 Å². The summed E-state index contributed by atoms with van der Waals surface area (Å²) in [5, 5.41) is 8.67. The molecule has 0 N–H and O–H groups in total. The summed E-state index contributed by atoms with van der Waals surface area (Å²) < 4.78 is 18.6. The number of ether oxygens (including phenoxy) is 1. The summed E-state index contributed by atoms with van der Waals surface area (Å²) in [6.07, 6.45) is 5.94. The predicted molar refractivity (Wildman–Crippen MR) is 85.7 cm³/mol. The minimum atomic E-state index is -0.711. The Kier molecular flexibility index (Phi) is 5.65. The molecule has 116 valence electrons. The smallest absolute Gasteiger partial charge is 0.343 e. The second-order valence-corrected chi connectivity index (χ2v) is 4.95. The fourth-order valence-electron chi connectivity index (χ4n) is 2.04. The number of aryl methyl sites for hydroxylation is 1. The SMILES string of the molecule is C/C=C/CCc1ccc(C(=O)Oc2ccc(C#N)c(F)c2)cc1. The molecule has 2 rings (SSSR count). The van der Waals surface area contributed by atoms with Crippen LogP contribution in [0.2, 0.25) is 0 Å². The molecule has 0 aromatic heterocycles. The summed E-state index contributed by atoms with van der Waals surface area (Å²) in [7, 11) is 0. The molecule has 0 spiro atoms. The number of nitriles is 1. The predicted octanol–water partition coefficient (Wildman–Crippen LogP) is 4.43. The third kappa shape index (κ3) is 4.52. The van der Waals surface area contributed by atoms with Crippen LogP contribution in [0.15, 0.2) is 54.6 Å². The standard InChI is InChI=1S/C19H16FNO2/c1-2-3-4-5-14-6-8-15(9-7-14)19(22)23-17-11-10-16(13-21)18(20)12-17/h2-3,6-12H,4-5H2,1H3/b3-2+. The zero-order valence-electron chi connectivity index (χ0n) is 12.8. The van der Waals surface area contributed by atoms with Gasteiger partial charge in [-0.15, -0.1) is 0 Å². The van der Waals surface area contributed by atoms with E-state index in [9.17, 15) is 9.18 Å². The second-order valence-electron chi connectivity index (χ2n) is 4.95. The molecule has 0 aliphatic rings. The van der Waals surface area contributed by atoms with Gasteiger partial charge >= 0.3 is 5.97 Å². The Hall–Kier alpha value is -2.93. The number of rotatable bonds is 5. The highest BCUT2D eigenvalue weighted by atomic mass is 19.1. The van der Waals surface area contributed by atoms with Gasteiger partial charge in [-0.3, -0.25) is 0 Å². The van der Waals surface area contributed by atoms with Crippen LogP contribution in [0.3, 0.4) is 0 Å². The highest BCUT2D eigenvalue weighted by molar-refractivity contribution is 5.91. The lowest BCUT2D eigenvalue weighted by molar-refractivity contribution is 0.0734. The molecule has 0 fully saturated rings. The Labute approximate surface area is 134 Å². The molecule has 2 aromatic rings. The lowest BCUT2D eigenvalue weighted by atomic mass is 10.1. The van der Waals surface area contributed by atoms with E-state index in [-0.39, 0.29) is 11.3 Å². The molecule has 0 heterocycles. The molecule has 0 amide bonds. The molecule has 23 heavy (non-hydrogen) atoms. The number of halogens is 1. The van der Waals surface area contributed by atoms with E-state index < -0.39 is 11.8 Å². The van der Waals surface area contributed by atoms with Gasteiger partial charge in [-0.25, -0.2) is 9.18 Å². The van der Waals surface area contributed by atoms with Gasteiger partial charge in [-0.2, -0.15) is 5.26 Å². The molecule has 0 bridgehead atoms. The van der Waals surface area contributed by atoms with E-state index in [2.05, 4.69) is 6.08 Å². The number of hydrogen-bond donors (Lipinski definition) is 0. The zero-order valence-corrected chi connectivity index (χ0v) is 12.8. The van der Waals surface area contributed by atoms with Crippen molar-refractivity contribution in [3.63, 3.8) is 0 Å². The van der Waals surface area contributed by atoms with Gasteiger partial charge in [0.2, 0.25) is 0 Å². The van der Waals surface area contributed by atoms with E-state index in [4.69, 9.17) is 10.00 Å². The Balaban J connectivity index is 2.03. The van der Waals surface area contributed by atoms with Crippen LogP contribution in [0, 0.1) is 17.1 Å². The van der Waals surface area contributed by atoms with Crippen LogP contribution in [-0.2, 0) is 6.42 Å². The number of hydrogen-bond acceptors (Lipinski definition) is 3. The summed E-state index contributed by atoms with van der Waals surface area (Å²) in [5.41, 5.74) is 1.43. The van der Waals surface area contributed by atoms with Crippen LogP contribution in [0.5, 0.6) is 5.75 Å². The average molecular weight is 309 g/mol. The average Bonchev–Trinajstić information content (AvgIpc) is 2.56. The lowest BCUT2D eigenvalue weighted by Gasteiger charge is -2.06. The largest absolute Gasteiger partial charge is 0.423 e. The summed E-state index contributed by atoms with van der Waals surface area (Å²) >= 11 is 0. The number of carbonyl (C=O) groups is 1. The van der Waals surface area contributed by atoms with Gasteiger partial charge in [0.25, 0.3) is 0 Å². The van der Waals surface area contributed by atoms with Gasteiger partial charge < -0.3 is 4.74 Å². The summed E-state index contributed by atoms with van der Waals surface area (Å²) in [4.78, 5) is 12.0. The normalized spacial score (nSPS) is 10.5. The summed E-state index contributed by atoms with van der Waals surface area (Å²) in [6, 6.07) is 12.5. The second kappa shape index (κ2) is 7.90. The molecule has 2 aromatic carbocycles. The molecule has 0 aliphatic carbocycles. The van der Waals surface area contributed by atoms with Crippen LogP contribution >= 0.6 is 0 Å². The molecular weight excluding hydrogens is 293 g/mol. The van der Waals surface area contributed by atoms with Crippen LogP contribution in [0.4, 0.5) is 4.39 Å². The molecule has 4 heteroatoms. The first-order chi connectivity index (χ1) is 11.1. The number of carbonyl (C=O) groups excluding carboxylic acids is 1. The number of allylic oxidation sites excluding steroid dienone is 2. The molecule has 0 atom stereocenters. The highest BCUT2D eigenvalue weighted by Crippen LogP contribution is 2.18. The van der Waals surface area contributed by atoms with Crippen LogP contribution in [0.25, 0.3) is 0 Å². The Bertz CT molecular complexity index is 758. The lowest BCUT2D eigenvalue weighted by Crippen LogP contribution is -2.08. The van der Waals surface area contributed by atoms with E-state index in [0.717, 1.165) is 24.5 Å². The van der Waals surface area contributed by atoms with E-state index in [1.54, 1.807) is 18.2 Å². The molecule has 3 nitrogen and oxygen atoms in total. The fraction of sp³-hybridized carbons (Fsp3) is 0.158. The van der Waals surface area contributed by atoms with Crippen LogP contribution in [0.1, 0.15) is 34.8 Å². The van der Waals surface area contributed by atoms with Crippen molar-refractivity contribution in [1.82, 2.24) is 0 Å². The first kappa shape index (κ1) is 16.4. The Morgan fingerprint density at radius 1 is 1.26 bits per heavy atom. The first-order valence-electron chi connectivity index (χ1n) is 7.26. The molecular formula is C19H16FNO2. The zero-order chi connectivity index (χ0) is 16.7. The molecule has 0 unspecified atom stereocenters. The summed E-state index contributed by atoms with van der Waals surface area (Å²) in [6.45, 7) is 1.98. The van der Waals surface area contributed by atoms with E-state index >= 15 is 0 Å². The van der Waals surface area contributed by atoms with Crippen molar-refractivity contribution in [2.45, 2.75) is 19.8 Å². The van der Waals surface area contributed by atoms with E-state index in [1.807, 2.05) is 25.1 Å². The van der Waals surface area contributed by atoms with Gasteiger partial charge in [-0.1, -0.05) is 24.3 Å². The molecule has 0 saturated heterocycles. The number of nitrogens with zero attached hydrogens (tertiary/aromatic N) is 1. The maximum Gasteiger partial charge on any atom is 0.343 e. The van der Waals surface area contributed by atoms with Gasteiger partial charge in [0, 0.05) is 6.07 Å². The minimum absolute atomic E-state index is 0.0728. The minimum Gasteiger partial charge on any atom is -0.423 e. The van der Waals surface area contributed by atoms with Crippen molar-refractivity contribution in [2.24, 2.45) is 0 Å². The summed E-state index contributed by atoms with van der Waals surface area (Å²) in [5.74, 6) is -1.20. The van der Waals surface area contributed by atoms with Crippen LogP contribution < -0.4 is 4.74 Å². The number of esters is 1. The molecule has 0 radical (unpaired) electrons. The van der Waals surface area contributed by atoms with Crippen molar-refractivity contribution < 1.29 is 13.9 Å². The molecule has 0 aliphatic heterocycles. The monoisotopic (exact) mass is 309 g/mol. The van der Waals surface area contributed by atoms with Gasteiger partial charge in [0.1, 0.15) is 17.6 Å². The van der Waals surface area contributed by atoms with Gasteiger partial charge in [0.15, 0.2) is 0 Å². The Morgan fingerprint density at radius 2 is 2.00 bits per heavy atom. The molecule has 0 saturated carbocycles. The Morgan fingerprint density at radius 3 is 2.61 bits per heavy atom. The third-order valence-electron chi connectivity index (χ3n) is 3.30. The van der Waals surface area contributed by atoms with Crippen LogP contribution in [-0.4, -0.2) is 5.97 Å². The highest BCUT2D eigenvalue weighted by Gasteiger charge is 2.10. The third-order valence-corrected chi connectivity index (χ3v) is 3.30. The van der Waals surface area contributed by atoms with Gasteiger partial charge in [-0.05, 0) is 49.6 Å². The van der Waals surface area contributed by atoms with Crippen molar-refractivity contribution in [3.05, 3.63) is 77.1 Å². The topological polar surface area (TPSA) is 50.1 Å². The van der Waals surface area contributed by atoms with Crippen molar-refractivity contribution in [1.29, 1.82) is 5.26 Å². The first-order valence-corrected chi connectivity index (χ1v) is 7.26. The van der Waals surface area contributed by atoms with Gasteiger partial charge in [0.05, 0.1) is 11.1 Å². The van der Waals surface area contributed by atoms with Crippen molar-refractivity contribution in [3.8, 4) is 11.8 Å². The fourth-order valence-corrected chi connectivity index (χ4v) is 2.04. The number of benzene rings is 2. The van der Waals surface area contributed by atoms with E-state index in [1.165, 1.54) is 12.1 Å². The van der Waals surface area contributed by atoms with E-state index in [0.29, 0.717) is 5.56 Å². The van der Waals surface area contributed by atoms with Crippen molar-refractivity contribution in [2.75, 3.05) is 0 Å².